The van der Waals surface area contributed by atoms with Gasteiger partial charge in [-0.25, -0.2) is 0 Å². The Morgan fingerprint density at radius 3 is 2.95 bits per heavy atom. The predicted molar refractivity (Wildman–Crippen MR) is 82.0 cm³/mol. The van der Waals surface area contributed by atoms with Crippen LogP contribution in [0.25, 0.3) is 0 Å². The number of hydrogen-bond donors (Lipinski definition) is 1. The minimum atomic E-state index is 0.378. The van der Waals surface area contributed by atoms with E-state index in [1.54, 1.807) is 0 Å². The van der Waals surface area contributed by atoms with Crippen LogP contribution in [-0.2, 0) is 13.0 Å². The molecule has 0 bridgehead atoms. The summed E-state index contributed by atoms with van der Waals surface area (Å²) in [4.78, 5) is 0. The van der Waals surface area contributed by atoms with E-state index in [2.05, 4.69) is 42.2 Å². The van der Waals surface area contributed by atoms with Crippen molar-refractivity contribution in [1.82, 2.24) is 5.32 Å². The maximum absolute atomic E-state index is 6.08. The monoisotopic (exact) mass is 277 g/mol. The summed E-state index contributed by atoms with van der Waals surface area (Å²) in [6.45, 7) is 5.33. The lowest BCUT2D eigenvalue weighted by Gasteiger charge is -2.33. The van der Waals surface area contributed by atoms with Gasteiger partial charge in [0.2, 0.25) is 0 Å². The van der Waals surface area contributed by atoms with Crippen LogP contribution in [-0.4, -0.2) is 24.7 Å². The number of thioether (sulfide) groups is 1. The molecule has 0 unspecified atom stereocenters. The van der Waals surface area contributed by atoms with Crippen molar-refractivity contribution in [3.8, 4) is 5.75 Å². The van der Waals surface area contributed by atoms with Gasteiger partial charge in [0, 0.05) is 12.0 Å². The first kappa shape index (κ1) is 13.3. The fraction of sp³-hybridized carbons (Fsp3) is 0.625. The van der Waals surface area contributed by atoms with Gasteiger partial charge in [-0.15, -0.1) is 0 Å². The molecule has 2 nitrogen and oxygen atoms in total. The first-order chi connectivity index (χ1) is 9.25. The van der Waals surface area contributed by atoms with Gasteiger partial charge in [-0.05, 0) is 60.6 Å². The molecule has 0 radical (unpaired) electrons. The highest BCUT2D eigenvalue weighted by atomic mass is 32.2. The first-order valence-corrected chi connectivity index (χ1v) is 8.44. The molecular formula is C16H23NOS. The van der Waals surface area contributed by atoms with Crippen LogP contribution in [0.5, 0.6) is 5.75 Å². The van der Waals surface area contributed by atoms with Crippen molar-refractivity contribution in [3.05, 3.63) is 29.3 Å². The number of ether oxygens (including phenoxy) is 1. The zero-order chi connectivity index (χ0) is 13.1. The number of hydrogen-bond acceptors (Lipinski definition) is 3. The Bertz CT molecular complexity index is 440. The summed E-state index contributed by atoms with van der Waals surface area (Å²) >= 11 is 2.07. The molecule has 0 aliphatic carbocycles. The van der Waals surface area contributed by atoms with Gasteiger partial charge in [0.15, 0.2) is 0 Å². The molecule has 1 N–H and O–H groups in total. The van der Waals surface area contributed by atoms with Gasteiger partial charge >= 0.3 is 0 Å². The van der Waals surface area contributed by atoms with Gasteiger partial charge in [-0.1, -0.05) is 13.0 Å². The van der Waals surface area contributed by atoms with Gasteiger partial charge in [0.25, 0.3) is 0 Å². The van der Waals surface area contributed by atoms with E-state index in [9.17, 15) is 0 Å². The van der Waals surface area contributed by atoms with E-state index in [-0.39, 0.29) is 0 Å². The van der Waals surface area contributed by atoms with Crippen molar-refractivity contribution in [2.45, 2.75) is 32.7 Å². The molecule has 1 aromatic carbocycles. The van der Waals surface area contributed by atoms with E-state index in [1.807, 2.05) is 0 Å². The van der Waals surface area contributed by atoms with E-state index in [0.29, 0.717) is 5.41 Å². The van der Waals surface area contributed by atoms with Gasteiger partial charge in [0.05, 0.1) is 6.61 Å². The highest BCUT2D eigenvalue weighted by molar-refractivity contribution is 7.99. The molecule has 19 heavy (non-hydrogen) atoms. The number of nitrogens with one attached hydrogen (secondary N) is 1. The third kappa shape index (κ3) is 3.26. The zero-order valence-electron chi connectivity index (χ0n) is 11.7. The number of fused-ring (bicyclic) bond motifs is 1. The van der Waals surface area contributed by atoms with Crippen molar-refractivity contribution in [2.24, 2.45) is 5.41 Å². The molecule has 0 saturated carbocycles. The van der Waals surface area contributed by atoms with E-state index in [4.69, 9.17) is 4.74 Å². The fourth-order valence-corrected chi connectivity index (χ4v) is 4.29. The van der Waals surface area contributed by atoms with Crippen molar-refractivity contribution in [3.63, 3.8) is 0 Å². The van der Waals surface area contributed by atoms with Crippen LogP contribution in [0.4, 0.5) is 0 Å². The summed E-state index contributed by atoms with van der Waals surface area (Å²) in [5.41, 5.74) is 3.27. The Morgan fingerprint density at radius 2 is 2.11 bits per heavy atom. The van der Waals surface area contributed by atoms with Crippen molar-refractivity contribution in [2.75, 3.05) is 24.7 Å². The normalized spacial score (nSPS) is 21.7. The highest BCUT2D eigenvalue weighted by Gasteiger charge is 2.28. The molecule has 0 spiro atoms. The third-order valence-corrected chi connectivity index (χ3v) is 5.34. The Labute approximate surface area is 120 Å². The summed E-state index contributed by atoms with van der Waals surface area (Å²) in [5.74, 6) is 3.63. The topological polar surface area (TPSA) is 21.3 Å². The lowest BCUT2D eigenvalue weighted by molar-refractivity contribution is 0.151. The van der Waals surface area contributed by atoms with E-state index in [0.717, 1.165) is 31.9 Å². The average Bonchev–Trinajstić information content (AvgIpc) is 2.46. The molecule has 2 aliphatic rings. The first-order valence-electron chi connectivity index (χ1n) is 7.28. The lowest BCUT2D eigenvalue weighted by Crippen LogP contribution is -2.29. The molecule has 0 atom stereocenters. The molecule has 1 saturated heterocycles. The SMILES string of the molecule is CC1(COc2ccc3c(c2)CCNC3)CCSCC1. The van der Waals surface area contributed by atoms with Gasteiger partial charge in [0.1, 0.15) is 5.75 Å². The van der Waals surface area contributed by atoms with Crippen LogP contribution >= 0.6 is 11.8 Å². The lowest BCUT2D eigenvalue weighted by atomic mass is 9.85. The minimum Gasteiger partial charge on any atom is -0.493 e. The summed E-state index contributed by atoms with van der Waals surface area (Å²) in [6.07, 6.45) is 3.69. The van der Waals surface area contributed by atoms with Crippen LogP contribution in [0, 0.1) is 5.41 Å². The van der Waals surface area contributed by atoms with Gasteiger partial charge in [-0.2, -0.15) is 11.8 Å². The second-order valence-corrected chi connectivity index (χ2v) is 7.29. The molecule has 0 aromatic heterocycles. The summed E-state index contributed by atoms with van der Waals surface area (Å²) in [5, 5.41) is 3.41. The maximum Gasteiger partial charge on any atom is 0.119 e. The van der Waals surface area contributed by atoms with Crippen LogP contribution < -0.4 is 10.1 Å². The molecule has 2 heterocycles. The molecule has 3 rings (SSSR count). The average molecular weight is 277 g/mol. The smallest absolute Gasteiger partial charge is 0.119 e. The second kappa shape index (κ2) is 5.76. The zero-order valence-corrected chi connectivity index (χ0v) is 12.5. The Balaban J connectivity index is 1.63. The molecule has 3 heteroatoms. The van der Waals surface area contributed by atoms with Crippen LogP contribution in [0.15, 0.2) is 18.2 Å². The molecule has 2 aliphatic heterocycles. The van der Waals surface area contributed by atoms with Crippen molar-refractivity contribution >= 4 is 11.8 Å². The Hall–Kier alpha value is -0.670. The largest absolute Gasteiger partial charge is 0.493 e. The standard InChI is InChI=1S/C16H23NOS/c1-16(5-8-19-9-6-16)12-18-15-3-2-14-11-17-7-4-13(14)10-15/h2-3,10,17H,4-9,11-12H2,1H3. The quantitative estimate of drug-likeness (QED) is 0.916. The van der Waals surface area contributed by atoms with Crippen LogP contribution in [0.1, 0.15) is 30.9 Å². The van der Waals surface area contributed by atoms with Crippen LogP contribution in [0.3, 0.4) is 0 Å². The van der Waals surface area contributed by atoms with Gasteiger partial charge < -0.3 is 10.1 Å². The summed E-state index contributed by atoms with van der Waals surface area (Å²) < 4.78 is 6.08. The predicted octanol–water partition coefficient (Wildman–Crippen LogP) is 3.24. The fourth-order valence-electron chi connectivity index (χ4n) is 2.81. The second-order valence-electron chi connectivity index (χ2n) is 6.07. The van der Waals surface area contributed by atoms with Crippen molar-refractivity contribution < 1.29 is 4.74 Å². The van der Waals surface area contributed by atoms with E-state index < -0.39 is 0 Å². The minimum absolute atomic E-state index is 0.378. The number of benzene rings is 1. The van der Waals surface area contributed by atoms with Crippen LogP contribution in [0.2, 0.25) is 0 Å². The third-order valence-electron chi connectivity index (χ3n) is 4.35. The Morgan fingerprint density at radius 1 is 1.26 bits per heavy atom. The molecular weight excluding hydrogens is 254 g/mol. The number of rotatable bonds is 3. The summed E-state index contributed by atoms with van der Waals surface area (Å²) in [7, 11) is 0. The molecule has 1 aromatic rings. The van der Waals surface area contributed by atoms with Gasteiger partial charge in [-0.3, -0.25) is 0 Å². The molecule has 104 valence electrons. The highest BCUT2D eigenvalue weighted by Crippen LogP contribution is 2.35. The molecule has 1 fully saturated rings. The van der Waals surface area contributed by atoms with Crippen molar-refractivity contribution in [1.29, 1.82) is 0 Å². The maximum atomic E-state index is 6.08. The Kier molecular flexibility index (Phi) is 4.04. The summed E-state index contributed by atoms with van der Waals surface area (Å²) in [6, 6.07) is 6.60. The van der Waals surface area contributed by atoms with E-state index in [1.165, 1.54) is 35.5 Å². The molecule has 0 amide bonds. The van der Waals surface area contributed by atoms with E-state index >= 15 is 0 Å².